The van der Waals surface area contributed by atoms with Crippen molar-refractivity contribution in [2.24, 2.45) is 5.92 Å². The fourth-order valence-corrected chi connectivity index (χ4v) is 2.61. The Morgan fingerprint density at radius 3 is 2.80 bits per heavy atom. The standard InChI is InChI=1S/C17H23NO2/c1-11(2)8-15-14-7-6-13(19-3)9-16(14)20-17(15)10-18-12-4-5-12/h6-7,9,11-12,18H,4-5,8,10H2,1-3H3. The maximum Gasteiger partial charge on any atom is 0.138 e. The molecule has 0 aliphatic heterocycles. The first-order valence-corrected chi connectivity index (χ1v) is 7.49. The topological polar surface area (TPSA) is 34.4 Å². The van der Waals surface area contributed by atoms with Gasteiger partial charge in [0.25, 0.3) is 0 Å². The Morgan fingerprint density at radius 2 is 2.15 bits per heavy atom. The molecule has 0 unspecified atom stereocenters. The Kier molecular flexibility index (Phi) is 3.70. The summed E-state index contributed by atoms with van der Waals surface area (Å²) >= 11 is 0. The summed E-state index contributed by atoms with van der Waals surface area (Å²) in [4.78, 5) is 0. The fourth-order valence-electron chi connectivity index (χ4n) is 2.61. The van der Waals surface area contributed by atoms with Gasteiger partial charge in [0.15, 0.2) is 0 Å². The van der Waals surface area contributed by atoms with Crippen molar-refractivity contribution in [3.8, 4) is 5.75 Å². The zero-order valence-electron chi connectivity index (χ0n) is 12.5. The molecule has 1 N–H and O–H groups in total. The molecule has 1 aromatic carbocycles. The van der Waals surface area contributed by atoms with E-state index in [1.807, 2.05) is 12.1 Å². The van der Waals surface area contributed by atoms with Gasteiger partial charge in [-0.15, -0.1) is 0 Å². The van der Waals surface area contributed by atoms with Crippen LogP contribution in [0.2, 0.25) is 0 Å². The average Bonchev–Trinajstić information content (AvgIpc) is 3.20. The second-order valence-electron chi connectivity index (χ2n) is 6.12. The Labute approximate surface area is 120 Å². The van der Waals surface area contributed by atoms with Crippen LogP contribution in [-0.2, 0) is 13.0 Å². The number of methoxy groups -OCH3 is 1. The maximum atomic E-state index is 6.08. The van der Waals surface area contributed by atoms with Gasteiger partial charge in [-0.1, -0.05) is 13.8 Å². The monoisotopic (exact) mass is 273 g/mol. The van der Waals surface area contributed by atoms with E-state index in [0.29, 0.717) is 12.0 Å². The number of furan rings is 1. The van der Waals surface area contributed by atoms with Gasteiger partial charge in [0.05, 0.1) is 13.7 Å². The highest BCUT2D eigenvalue weighted by molar-refractivity contribution is 5.83. The molecule has 0 amide bonds. The van der Waals surface area contributed by atoms with E-state index in [0.717, 1.165) is 30.1 Å². The highest BCUT2D eigenvalue weighted by Gasteiger charge is 2.22. The van der Waals surface area contributed by atoms with Crippen LogP contribution in [0.15, 0.2) is 22.6 Å². The van der Waals surface area contributed by atoms with Gasteiger partial charge in [-0.05, 0) is 37.3 Å². The molecule has 1 aliphatic carbocycles. The molecule has 0 radical (unpaired) electrons. The lowest BCUT2D eigenvalue weighted by molar-refractivity contribution is 0.414. The van der Waals surface area contributed by atoms with Crippen molar-refractivity contribution in [2.45, 2.75) is 45.7 Å². The predicted molar refractivity (Wildman–Crippen MR) is 81.2 cm³/mol. The Balaban J connectivity index is 1.95. The van der Waals surface area contributed by atoms with E-state index in [-0.39, 0.29) is 0 Å². The Hall–Kier alpha value is -1.48. The number of hydrogen-bond donors (Lipinski definition) is 1. The van der Waals surface area contributed by atoms with E-state index in [2.05, 4.69) is 25.2 Å². The molecule has 1 aromatic heterocycles. The van der Waals surface area contributed by atoms with Gasteiger partial charge in [-0.25, -0.2) is 0 Å². The van der Waals surface area contributed by atoms with E-state index in [1.54, 1.807) is 7.11 Å². The molecule has 3 heteroatoms. The highest BCUT2D eigenvalue weighted by atomic mass is 16.5. The van der Waals surface area contributed by atoms with Crippen LogP contribution in [0.4, 0.5) is 0 Å². The molecule has 1 heterocycles. The first-order chi connectivity index (χ1) is 9.67. The zero-order valence-corrected chi connectivity index (χ0v) is 12.5. The first kappa shape index (κ1) is 13.5. The third-order valence-electron chi connectivity index (χ3n) is 3.82. The molecule has 2 aromatic rings. The zero-order chi connectivity index (χ0) is 14.1. The molecule has 1 fully saturated rings. The summed E-state index contributed by atoms with van der Waals surface area (Å²) in [6.07, 6.45) is 3.65. The van der Waals surface area contributed by atoms with E-state index in [9.17, 15) is 0 Å². The number of fused-ring (bicyclic) bond motifs is 1. The summed E-state index contributed by atoms with van der Waals surface area (Å²) in [7, 11) is 1.69. The van der Waals surface area contributed by atoms with Crippen LogP contribution < -0.4 is 10.1 Å². The van der Waals surface area contributed by atoms with E-state index in [1.165, 1.54) is 23.8 Å². The molecular weight excluding hydrogens is 250 g/mol. The van der Waals surface area contributed by atoms with Crippen LogP contribution in [0.1, 0.15) is 38.0 Å². The van der Waals surface area contributed by atoms with Gasteiger partial charge >= 0.3 is 0 Å². The summed E-state index contributed by atoms with van der Waals surface area (Å²) in [5.41, 5.74) is 2.29. The first-order valence-electron chi connectivity index (χ1n) is 7.49. The lowest BCUT2D eigenvalue weighted by Gasteiger charge is -2.07. The molecule has 1 aliphatic rings. The third kappa shape index (κ3) is 2.83. The van der Waals surface area contributed by atoms with Crippen molar-refractivity contribution >= 4 is 11.0 Å². The number of ether oxygens (including phenoxy) is 1. The van der Waals surface area contributed by atoms with Gasteiger partial charge in [-0.3, -0.25) is 0 Å². The van der Waals surface area contributed by atoms with E-state index >= 15 is 0 Å². The molecule has 1 saturated carbocycles. The number of rotatable bonds is 6. The van der Waals surface area contributed by atoms with Crippen molar-refractivity contribution in [2.75, 3.05) is 7.11 Å². The van der Waals surface area contributed by atoms with Crippen LogP contribution in [0.25, 0.3) is 11.0 Å². The Bertz CT molecular complexity index is 596. The second-order valence-corrected chi connectivity index (χ2v) is 6.12. The van der Waals surface area contributed by atoms with Gasteiger partial charge < -0.3 is 14.5 Å². The predicted octanol–water partition coefficient (Wildman–Crippen LogP) is 3.89. The highest BCUT2D eigenvalue weighted by Crippen LogP contribution is 2.31. The van der Waals surface area contributed by atoms with Crippen LogP contribution in [0.3, 0.4) is 0 Å². The lowest BCUT2D eigenvalue weighted by Crippen LogP contribution is -2.16. The van der Waals surface area contributed by atoms with Crippen molar-refractivity contribution in [1.29, 1.82) is 0 Å². The van der Waals surface area contributed by atoms with Crippen molar-refractivity contribution in [3.63, 3.8) is 0 Å². The van der Waals surface area contributed by atoms with Crippen LogP contribution in [-0.4, -0.2) is 13.2 Å². The average molecular weight is 273 g/mol. The van der Waals surface area contributed by atoms with E-state index in [4.69, 9.17) is 9.15 Å². The second kappa shape index (κ2) is 5.49. The Morgan fingerprint density at radius 1 is 1.35 bits per heavy atom. The summed E-state index contributed by atoms with van der Waals surface area (Å²) in [6, 6.07) is 6.82. The third-order valence-corrected chi connectivity index (χ3v) is 3.82. The number of nitrogens with one attached hydrogen (secondary N) is 1. The molecule has 0 saturated heterocycles. The molecule has 0 spiro atoms. The fraction of sp³-hybridized carbons (Fsp3) is 0.529. The molecule has 0 atom stereocenters. The maximum absolute atomic E-state index is 6.08. The summed E-state index contributed by atoms with van der Waals surface area (Å²) in [5.74, 6) is 2.57. The molecule has 3 nitrogen and oxygen atoms in total. The van der Waals surface area contributed by atoms with Crippen LogP contribution in [0, 0.1) is 5.92 Å². The smallest absolute Gasteiger partial charge is 0.138 e. The van der Waals surface area contributed by atoms with Crippen LogP contribution >= 0.6 is 0 Å². The van der Waals surface area contributed by atoms with Gasteiger partial charge in [0.2, 0.25) is 0 Å². The summed E-state index contributed by atoms with van der Waals surface area (Å²) < 4.78 is 11.4. The normalized spacial score (nSPS) is 15.2. The van der Waals surface area contributed by atoms with Crippen LogP contribution in [0.5, 0.6) is 5.75 Å². The minimum atomic E-state index is 0.623. The number of benzene rings is 1. The SMILES string of the molecule is COc1ccc2c(CC(C)C)c(CNC3CC3)oc2c1. The van der Waals surface area contributed by atoms with Crippen molar-refractivity contribution < 1.29 is 9.15 Å². The van der Waals surface area contributed by atoms with Gasteiger partial charge in [-0.2, -0.15) is 0 Å². The molecule has 0 bridgehead atoms. The van der Waals surface area contributed by atoms with Gasteiger partial charge in [0.1, 0.15) is 17.1 Å². The molecular formula is C17H23NO2. The van der Waals surface area contributed by atoms with Crippen molar-refractivity contribution in [1.82, 2.24) is 5.32 Å². The lowest BCUT2D eigenvalue weighted by atomic mass is 9.99. The van der Waals surface area contributed by atoms with Crippen molar-refractivity contribution in [3.05, 3.63) is 29.5 Å². The summed E-state index contributed by atoms with van der Waals surface area (Å²) in [5, 5.41) is 4.78. The minimum Gasteiger partial charge on any atom is -0.497 e. The van der Waals surface area contributed by atoms with Gasteiger partial charge in [0, 0.05) is 23.1 Å². The largest absolute Gasteiger partial charge is 0.497 e. The van der Waals surface area contributed by atoms with E-state index < -0.39 is 0 Å². The molecule has 20 heavy (non-hydrogen) atoms. The molecule has 108 valence electrons. The molecule has 3 rings (SSSR count). The number of hydrogen-bond acceptors (Lipinski definition) is 3. The summed E-state index contributed by atoms with van der Waals surface area (Å²) in [6.45, 7) is 5.34. The quantitative estimate of drug-likeness (QED) is 0.867. The minimum absolute atomic E-state index is 0.623.